The van der Waals surface area contributed by atoms with E-state index in [0.29, 0.717) is 30.6 Å². The molecule has 0 radical (unpaired) electrons. The zero-order chi connectivity index (χ0) is 22.5. The van der Waals surface area contributed by atoms with Crippen molar-refractivity contribution in [3.63, 3.8) is 0 Å². The smallest absolute Gasteiger partial charge is 0.261 e. The van der Waals surface area contributed by atoms with Crippen molar-refractivity contribution < 1.29 is 14.0 Å². The monoisotopic (exact) mass is 441 g/mol. The van der Waals surface area contributed by atoms with Gasteiger partial charge in [0.25, 0.3) is 11.8 Å². The van der Waals surface area contributed by atoms with Crippen LogP contribution in [0.3, 0.4) is 0 Å². The van der Waals surface area contributed by atoms with Crippen molar-refractivity contribution in [1.29, 1.82) is 0 Å². The van der Waals surface area contributed by atoms with Crippen LogP contribution in [0.1, 0.15) is 43.4 Å². The van der Waals surface area contributed by atoms with Crippen LogP contribution >= 0.6 is 0 Å². The molecule has 5 nitrogen and oxygen atoms in total. The fourth-order valence-electron chi connectivity index (χ4n) is 5.48. The Morgan fingerprint density at radius 1 is 0.818 bits per heavy atom. The van der Waals surface area contributed by atoms with E-state index in [2.05, 4.69) is 28.0 Å². The fourth-order valence-corrected chi connectivity index (χ4v) is 5.48. The SMILES string of the molecule is O=C1c2ccccc2C(=O)N1CCN1CCN2c3ccc(F)cc3Cc3ccccc3[C@@H]2C1. The number of hydrogen-bond donors (Lipinski definition) is 0. The van der Waals surface area contributed by atoms with Gasteiger partial charge in [-0.2, -0.15) is 0 Å². The molecule has 33 heavy (non-hydrogen) atoms. The number of amides is 2. The lowest BCUT2D eigenvalue weighted by molar-refractivity contribution is 0.0631. The summed E-state index contributed by atoms with van der Waals surface area (Å²) in [4.78, 5) is 31.5. The molecule has 0 aromatic heterocycles. The lowest BCUT2D eigenvalue weighted by Gasteiger charge is -2.43. The Hall–Kier alpha value is -3.51. The topological polar surface area (TPSA) is 43.9 Å². The Balaban J connectivity index is 1.24. The first kappa shape index (κ1) is 20.1. The second kappa shape index (κ2) is 7.81. The molecule has 0 unspecified atom stereocenters. The van der Waals surface area contributed by atoms with Crippen LogP contribution in [-0.2, 0) is 6.42 Å². The van der Waals surface area contributed by atoms with Crippen LogP contribution in [0.5, 0.6) is 0 Å². The second-order valence-corrected chi connectivity index (χ2v) is 8.97. The summed E-state index contributed by atoms with van der Waals surface area (Å²) in [6.07, 6.45) is 0.714. The highest BCUT2D eigenvalue weighted by atomic mass is 19.1. The third kappa shape index (κ3) is 3.33. The van der Waals surface area contributed by atoms with Gasteiger partial charge >= 0.3 is 0 Å². The van der Waals surface area contributed by atoms with Gasteiger partial charge in [0.15, 0.2) is 0 Å². The highest BCUT2D eigenvalue weighted by Crippen LogP contribution is 2.39. The van der Waals surface area contributed by atoms with Crippen LogP contribution in [-0.4, -0.2) is 54.3 Å². The molecule has 6 heteroatoms. The van der Waals surface area contributed by atoms with Gasteiger partial charge in [-0.15, -0.1) is 0 Å². The first-order chi connectivity index (χ1) is 16.1. The zero-order valence-corrected chi connectivity index (χ0v) is 18.2. The molecule has 3 aliphatic rings. The second-order valence-electron chi connectivity index (χ2n) is 8.97. The van der Waals surface area contributed by atoms with Crippen LogP contribution in [0, 0.1) is 5.82 Å². The van der Waals surface area contributed by atoms with E-state index in [1.165, 1.54) is 16.0 Å². The molecule has 0 bridgehead atoms. The number of imide groups is 1. The number of anilines is 1. The summed E-state index contributed by atoms with van der Waals surface area (Å²) in [6, 6.07) is 20.7. The van der Waals surface area contributed by atoms with E-state index in [4.69, 9.17) is 0 Å². The summed E-state index contributed by atoms with van der Waals surface area (Å²) in [5.41, 5.74) is 5.59. The number of carbonyl (C=O) groups is 2. The van der Waals surface area contributed by atoms with Gasteiger partial charge in [-0.25, -0.2) is 4.39 Å². The first-order valence-corrected chi connectivity index (χ1v) is 11.4. The van der Waals surface area contributed by atoms with Crippen molar-refractivity contribution in [2.24, 2.45) is 0 Å². The number of nitrogens with zero attached hydrogens (tertiary/aromatic N) is 3. The third-order valence-electron chi connectivity index (χ3n) is 7.13. The van der Waals surface area contributed by atoms with E-state index >= 15 is 0 Å². The van der Waals surface area contributed by atoms with E-state index < -0.39 is 0 Å². The predicted octanol–water partition coefficient (Wildman–Crippen LogP) is 3.89. The van der Waals surface area contributed by atoms with Gasteiger partial charge in [0.05, 0.1) is 17.2 Å². The van der Waals surface area contributed by atoms with Gasteiger partial charge in [-0.05, 0) is 53.4 Å². The quantitative estimate of drug-likeness (QED) is 0.579. The Labute approximate surface area is 192 Å². The molecule has 2 amide bonds. The van der Waals surface area contributed by atoms with E-state index in [1.54, 1.807) is 36.4 Å². The number of rotatable bonds is 3. The number of piperazine rings is 1. The highest BCUT2D eigenvalue weighted by molar-refractivity contribution is 6.21. The van der Waals surface area contributed by atoms with Gasteiger partial charge in [-0.3, -0.25) is 19.4 Å². The minimum atomic E-state index is -0.204. The van der Waals surface area contributed by atoms with Crippen molar-refractivity contribution in [1.82, 2.24) is 9.80 Å². The molecule has 0 spiro atoms. The van der Waals surface area contributed by atoms with Gasteiger partial charge in [0.1, 0.15) is 5.82 Å². The number of halogens is 1. The van der Waals surface area contributed by atoms with Crippen molar-refractivity contribution in [3.05, 3.63) is 100 Å². The molecular formula is C27H24FN3O2. The highest BCUT2D eigenvalue weighted by Gasteiger charge is 2.37. The molecule has 166 valence electrons. The maximum absolute atomic E-state index is 14.0. The molecule has 3 aliphatic heterocycles. The average Bonchev–Trinajstić information content (AvgIpc) is 2.99. The van der Waals surface area contributed by atoms with Crippen molar-refractivity contribution in [3.8, 4) is 0 Å². The summed E-state index contributed by atoms with van der Waals surface area (Å²) in [7, 11) is 0. The predicted molar refractivity (Wildman–Crippen MR) is 124 cm³/mol. The number of benzene rings is 3. The van der Waals surface area contributed by atoms with Crippen LogP contribution in [0.25, 0.3) is 0 Å². The molecule has 3 heterocycles. The maximum atomic E-state index is 14.0. The summed E-state index contributed by atoms with van der Waals surface area (Å²) in [6.45, 7) is 3.42. The van der Waals surface area contributed by atoms with E-state index in [1.807, 2.05) is 12.1 Å². The largest absolute Gasteiger partial charge is 0.362 e. The molecule has 0 saturated carbocycles. The Bertz CT molecular complexity index is 1240. The first-order valence-electron chi connectivity index (χ1n) is 11.4. The van der Waals surface area contributed by atoms with Crippen molar-refractivity contribution >= 4 is 17.5 Å². The molecule has 1 saturated heterocycles. The fraction of sp³-hybridized carbons (Fsp3) is 0.259. The van der Waals surface area contributed by atoms with Crippen LogP contribution < -0.4 is 4.90 Å². The number of carbonyl (C=O) groups excluding carboxylic acids is 2. The van der Waals surface area contributed by atoms with Gasteiger partial charge in [0, 0.05) is 38.4 Å². The Morgan fingerprint density at radius 3 is 2.33 bits per heavy atom. The summed E-state index contributed by atoms with van der Waals surface area (Å²) in [5.74, 6) is -0.612. The summed E-state index contributed by atoms with van der Waals surface area (Å²) in [5, 5.41) is 0. The molecule has 3 aromatic rings. The lowest BCUT2D eigenvalue weighted by Crippen LogP contribution is -2.50. The Morgan fingerprint density at radius 2 is 1.55 bits per heavy atom. The third-order valence-corrected chi connectivity index (χ3v) is 7.13. The van der Waals surface area contributed by atoms with Crippen molar-refractivity contribution in [2.75, 3.05) is 37.6 Å². The number of hydrogen-bond acceptors (Lipinski definition) is 4. The van der Waals surface area contributed by atoms with Gasteiger partial charge in [-0.1, -0.05) is 36.4 Å². The standard InChI is InChI=1S/C27H24FN3O2/c28-20-9-10-24-19(16-20)15-18-5-1-2-6-21(18)25-17-29(11-13-30(24)25)12-14-31-26(32)22-7-3-4-8-23(22)27(31)33/h1-10,16,25H,11-15,17H2/t25-/m0/s1. The molecular weight excluding hydrogens is 417 g/mol. The average molecular weight is 442 g/mol. The van der Waals surface area contributed by atoms with Crippen LogP contribution in [0.2, 0.25) is 0 Å². The minimum Gasteiger partial charge on any atom is -0.362 e. The molecule has 3 aromatic carbocycles. The molecule has 1 atom stereocenters. The van der Waals surface area contributed by atoms with Crippen molar-refractivity contribution in [2.45, 2.75) is 12.5 Å². The number of fused-ring (bicyclic) bond motifs is 6. The van der Waals surface area contributed by atoms with Gasteiger partial charge < -0.3 is 4.90 Å². The molecule has 6 rings (SSSR count). The minimum absolute atomic E-state index is 0.142. The van der Waals surface area contributed by atoms with Crippen LogP contribution in [0.4, 0.5) is 10.1 Å². The maximum Gasteiger partial charge on any atom is 0.261 e. The summed E-state index contributed by atoms with van der Waals surface area (Å²) >= 11 is 0. The Kier molecular flexibility index (Phi) is 4.76. The molecule has 0 N–H and O–H groups in total. The molecule has 0 aliphatic carbocycles. The summed E-state index contributed by atoms with van der Waals surface area (Å²) < 4.78 is 14.0. The van der Waals surface area contributed by atoms with Crippen LogP contribution in [0.15, 0.2) is 66.7 Å². The normalized spacial score (nSPS) is 19.6. The van der Waals surface area contributed by atoms with Gasteiger partial charge in [0.2, 0.25) is 0 Å². The van der Waals surface area contributed by atoms with E-state index in [-0.39, 0.29) is 23.7 Å². The lowest BCUT2D eigenvalue weighted by atomic mass is 9.96. The van der Waals surface area contributed by atoms with E-state index in [9.17, 15) is 14.0 Å². The zero-order valence-electron chi connectivity index (χ0n) is 18.2. The van der Waals surface area contributed by atoms with E-state index in [0.717, 1.165) is 30.9 Å². The molecule has 1 fully saturated rings.